The lowest BCUT2D eigenvalue weighted by Crippen LogP contribution is -2.05. The normalized spacial score (nSPS) is 13.7. The largest absolute Gasteiger partial charge is 0.330 e. The fraction of sp³-hybridized carbons (Fsp3) is 1.00. The van der Waals surface area contributed by atoms with Crippen molar-refractivity contribution in [3.05, 3.63) is 0 Å². The molecule has 0 aliphatic rings. The minimum absolute atomic E-state index is 0.838. The Morgan fingerprint density at radius 3 is 2.56 bits per heavy atom. The maximum atomic E-state index is 5.40. The molecule has 0 heterocycles. The quantitative estimate of drug-likeness (QED) is 0.579. The third-order valence-electron chi connectivity index (χ3n) is 1.49. The van der Waals surface area contributed by atoms with Gasteiger partial charge in [-0.1, -0.05) is 29.5 Å². The zero-order chi connectivity index (χ0) is 7.11. The van der Waals surface area contributed by atoms with Crippen LogP contribution in [0.2, 0.25) is 0 Å². The van der Waals surface area contributed by atoms with Crippen LogP contribution in [0.25, 0.3) is 0 Å². The molecule has 0 spiro atoms. The van der Waals surface area contributed by atoms with Gasteiger partial charge >= 0.3 is 0 Å². The minimum Gasteiger partial charge on any atom is -0.330 e. The molecule has 1 atom stereocenters. The highest BCUT2D eigenvalue weighted by atomic mass is 127. The molecule has 0 aliphatic carbocycles. The fourth-order valence-electron chi connectivity index (χ4n) is 0.854. The van der Waals surface area contributed by atoms with Gasteiger partial charge < -0.3 is 5.73 Å². The second kappa shape index (κ2) is 6.81. The molecule has 56 valence electrons. The van der Waals surface area contributed by atoms with E-state index < -0.39 is 0 Å². The van der Waals surface area contributed by atoms with Crippen LogP contribution in [-0.4, -0.2) is 11.0 Å². The van der Waals surface area contributed by atoms with Crippen LogP contribution < -0.4 is 5.73 Å². The number of halogens is 1. The van der Waals surface area contributed by atoms with Crippen LogP contribution in [0.15, 0.2) is 0 Å². The molecule has 0 rings (SSSR count). The summed E-state index contributed by atoms with van der Waals surface area (Å²) in [5.74, 6) is 0.838. The number of rotatable bonds is 5. The molecule has 1 nitrogen and oxygen atoms in total. The lowest BCUT2D eigenvalue weighted by atomic mass is 10.0. The molecule has 0 saturated carbocycles. The Labute approximate surface area is 71.5 Å². The fourth-order valence-corrected chi connectivity index (χ4v) is 1.29. The predicted molar refractivity (Wildman–Crippen MR) is 51.0 cm³/mol. The summed E-state index contributed by atoms with van der Waals surface area (Å²) in [6.07, 6.45) is 3.89. The van der Waals surface area contributed by atoms with Crippen molar-refractivity contribution in [1.82, 2.24) is 0 Å². The molecule has 0 amide bonds. The zero-order valence-corrected chi connectivity index (χ0v) is 8.23. The van der Waals surface area contributed by atoms with Gasteiger partial charge in [0.05, 0.1) is 0 Å². The van der Waals surface area contributed by atoms with Gasteiger partial charge in [0.25, 0.3) is 0 Å². The van der Waals surface area contributed by atoms with E-state index in [0.717, 1.165) is 12.5 Å². The Morgan fingerprint density at radius 1 is 1.44 bits per heavy atom. The van der Waals surface area contributed by atoms with Crippen LogP contribution in [-0.2, 0) is 0 Å². The molecule has 0 aliphatic heterocycles. The SMILES string of the molecule is C[C@H](CCN)CCCI. The number of hydrogen-bond donors (Lipinski definition) is 1. The molecular weight excluding hydrogens is 225 g/mol. The first kappa shape index (κ1) is 9.69. The molecule has 0 aromatic heterocycles. The van der Waals surface area contributed by atoms with Gasteiger partial charge in [0.1, 0.15) is 0 Å². The summed E-state index contributed by atoms with van der Waals surface area (Å²) in [6, 6.07) is 0. The van der Waals surface area contributed by atoms with E-state index in [1.54, 1.807) is 0 Å². The summed E-state index contributed by atoms with van der Waals surface area (Å²) in [6.45, 7) is 3.13. The molecule has 0 radical (unpaired) electrons. The van der Waals surface area contributed by atoms with Crippen molar-refractivity contribution in [1.29, 1.82) is 0 Å². The van der Waals surface area contributed by atoms with Crippen molar-refractivity contribution in [3.63, 3.8) is 0 Å². The molecule has 0 unspecified atom stereocenters. The summed E-state index contributed by atoms with van der Waals surface area (Å²) in [7, 11) is 0. The summed E-state index contributed by atoms with van der Waals surface area (Å²) in [4.78, 5) is 0. The molecule has 0 saturated heterocycles. The summed E-state index contributed by atoms with van der Waals surface area (Å²) in [5.41, 5.74) is 5.40. The van der Waals surface area contributed by atoms with Gasteiger partial charge in [-0.2, -0.15) is 0 Å². The van der Waals surface area contributed by atoms with Crippen molar-refractivity contribution >= 4 is 22.6 Å². The number of alkyl halides is 1. The third kappa shape index (κ3) is 6.58. The average Bonchev–Trinajstić information content (AvgIpc) is 1.85. The van der Waals surface area contributed by atoms with E-state index in [0.29, 0.717) is 0 Å². The molecule has 0 aromatic rings. The lowest BCUT2D eigenvalue weighted by Gasteiger charge is -2.06. The van der Waals surface area contributed by atoms with Crippen molar-refractivity contribution in [2.75, 3.05) is 11.0 Å². The molecule has 0 bridgehead atoms. The van der Waals surface area contributed by atoms with Crippen molar-refractivity contribution in [2.45, 2.75) is 26.2 Å². The second-order valence-electron chi connectivity index (χ2n) is 2.51. The predicted octanol–water partition coefficient (Wildman–Crippen LogP) is 2.19. The molecule has 9 heavy (non-hydrogen) atoms. The van der Waals surface area contributed by atoms with Crippen molar-refractivity contribution < 1.29 is 0 Å². The zero-order valence-electron chi connectivity index (χ0n) is 6.07. The second-order valence-corrected chi connectivity index (χ2v) is 3.59. The van der Waals surface area contributed by atoms with E-state index in [1.807, 2.05) is 0 Å². The van der Waals surface area contributed by atoms with Gasteiger partial charge in [-0.05, 0) is 36.2 Å². The van der Waals surface area contributed by atoms with Gasteiger partial charge in [0.15, 0.2) is 0 Å². The summed E-state index contributed by atoms with van der Waals surface area (Å²) >= 11 is 2.42. The van der Waals surface area contributed by atoms with E-state index in [-0.39, 0.29) is 0 Å². The van der Waals surface area contributed by atoms with E-state index >= 15 is 0 Å². The van der Waals surface area contributed by atoms with Crippen molar-refractivity contribution in [3.8, 4) is 0 Å². The van der Waals surface area contributed by atoms with Gasteiger partial charge in [0.2, 0.25) is 0 Å². The molecule has 0 aromatic carbocycles. The monoisotopic (exact) mass is 241 g/mol. The Kier molecular flexibility index (Phi) is 7.33. The highest BCUT2D eigenvalue weighted by Gasteiger charge is 1.97. The highest BCUT2D eigenvalue weighted by Crippen LogP contribution is 2.09. The van der Waals surface area contributed by atoms with E-state index in [9.17, 15) is 0 Å². The Hall–Kier alpha value is 0.690. The first-order chi connectivity index (χ1) is 4.31. The molecular formula is C7H16IN. The van der Waals surface area contributed by atoms with E-state index in [1.165, 1.54) is 23.7 Å². The Bertz CT molecular complexity index is 56.9. The maximum Gasteiger partial charge on any atom is -0.000463 e. The standard InChI is InChI=1S/C7H16IN/c1-7(4-6-9)3-2-5-8/h7H,2-6,9H2,1H3/t7-/m0/s1. The van der Waals surface area contributed by atoms with Crippen LogP contribution in [0.1, 0.15) is 26.2 Å². The summed E-state index contributed by atoms with van der Waals surface area (Å²) < 4.78 is 1.28. The highest BCUT2D eigenvalue weighted by molar-refractivity contribution is 14.1. The Balaban J connectivity index is 2.95. The first-order valence-corrected chi connectivity index (χ1v) is 5.09. The number of nitrogens with two attached hydrogens (primary N) is 1. The van der Waals surface area contributed by atoms with Crippen LogP contribution >= 0.6 is 22.6 Å². The van der Waals surface area contributed by atoms with Gasteiger partial charge in [-0.25, -0.2) is 0 Å². The topological polar surface area (TPSA) is 26.0 Å². The Morgan fingerprint density at radius 2 is 2.11 bits per heavy atom. The van der Waals surface area contributed by atoms with Crippen molar-refractivity contribution in [2.24, 2.45) is 11.7 Å². The molecule has 2 N–H and O–H groups in total. The third-order valence-corrected chi connectivity index (χ3v) is 2.25. The van der Waals surface area contributed by atoms with E-state index in [2.05, 4.69) is 29.5 Å². The maximum absolute atomic E-state index is 5.40. The van der Waals surface area contributed by atoms with Crippen LogP contribution in [0.4, 0.5) is 0 Å². The smallest absolute Gasteiger partial charge is 0.000463 e. The van der Waals surface area contributed by atoms with Gasteiger partial charge in [0, 0.05) is 0 Å². The summed E-state index contributed by atoms with van der Waals surface area (Å²) in [5, 5.41) is 0. The van der Waals surface area contributed by atoms with E-state index in [4.69, 9.17) is 5.73 Å². The van der Waals surface area contributed by atoms with Crippen LogP contribution in [0.3, 0.4) is 0 Å². The first-order valence-electron chi connectivity index (χ1n) is 3.57. The molecule has 0 fully saturated rings. The van der Waals surface area contributed by atoms with Gasteiger partial charge in [-0.15, -0.1) is 0 Å². The minimum atomic E-state index is 0.838. The lowest BCUT2D eigenvalue weighted by molar-refractivity contribution is 0.496. The van der Waals surface area contributed by atoms with Crippen LogP contribution in [0, 0.1) is 5.92 Å². The molecule has 2 heteroatoms. The van der Waals surface area contributed by atoms with Crippen LogP contribution in [0.5, 0.6) is 0 Å². The number of hydrogen-bond acceptors (Lipinski definition) is 1. The average molecular weight is 241 g/mol. The van der Waals surface area contributed by atoms with Gasteiger partial charge in [-0.3, -0.25) is 0 Å².